The molecule has 23 heavy (non-hydrogen) atoms. The molecule has 1 heterocycles. The van der Waals surface area contributed by atoms with Crippen molar-refractivity contribution in [2.45, 2.75) is 11.3 Å². The number of halogens is 2. The fourth-order valence-corrected chi connectivity index (χ4v) is 4.79. The maximum Gasteiger partial charge on any atom is 0.234 e. The molecule has 0 saturated heterocycles. The van der Waals surface area contributed by atoms with Gasteiger partial charge in [-0.15, -0.1) is 16.8 Å². The Hall–Kier alpha value is -0.900. The van der Waals surface area contributed by atoms with Crippen LogP contribution in [0.1, 0.15) is 5.56 Å². The maximum absolute atomic E-state index is 12.1. The van der Waals surface area contributed by atoms with Crippen molar-refractivity contribution >= 4 is 71.7 Å². The first kappa shape index (κ1) is 18.4. The third-order valence-electron chi connectivity index (χ3n) is 2.58. The van der Waals surface area contributed by atoms with Crippen LogP contribution in [0.3, 0.4) is 0 Å². The van der Waals surface area contributed by atoms with Crippen LogP contribution in [0.2, 0.25) is 0 Å². The summed E-state index contributed by atoms with van der Waals surface area (Å²) in [5.74, 6) is 0.166. The average Bonchev–Trinajstić information content (AvgIpc) is 2.94. The number of nitrogens with zero attached hydrogens (tertiary/aromatic N) is 2. The standard InChI is InChI=1S/C14H14Br2N4OS2/c1-3-4-17-13-19-20-14(23-13)22-7-11(21)18-12-9(15)5-8(2)6-10(12)16/h3,5-6H,1,4,7H2,2H3,(H,17,19)(H,18,21). The number of hydrogen-bond acceptors (Lipinski definition) is 6. The predicted molar refractivity (Wildman–Crippen MR) is 105 cm³/mol. The number of thioether (sulfide) groups is 1. The van der Waals surface area contributed by atoms with Crippen LogP contribution in [0.15, 0.2) is 38.1 Å². The molecule has 1 aromatic carbocycles. The summed E-state index contributed by atoms with van der Waals surface area (Å²) in [5, 5.41) is 14.7. The topological polar surface area (TPSA) is 66.9 Å². The third-order valence-corrected chi connectivity index (χ3v) is 5.85. The van der Waals surface area contributed by atoms with E-state index in [2.05, 4.69) is 59.3 Å². The molecule has 2 N–H and O–H groups in total. The van der Waals surface area contributed by atoms with Crippen LogP contribution in [-0.2, 0) is 4.79 Å². The van der Waals surface area contributed by atoms with Crippen LogP contribution in [0.25, 0.3) is 0 Å². The molecule has 2 aromatic rings. The van der Waals surface area contributed by atoms with E-state index in [4.69, 9.17) is 0 Å². The van der Waals surface area contributed by atoms with Crippen LogP contribution in [0, 0.1) is 6.92 Å². The van der Waals surface area contributed by atoms with E-state index in [1.165, 1.54) is 23.1 Å². The van der Waals surface area contributed by atoms with Gasteiger partial charge in [0, 0.05) is 15.5 Å². The van der Waals surface area contributed by atoms with E-state index in [-0.39, 0.29) is 11.7 Å². The van der Waals surface area contributed by atoms with Gasteiger partial charge in [-0.05, 0) is 56.5 Å². The zero-order valence-electron chi connectivity index (χ0n) is 12.2. The summed E-state index contributed by atoms with van der Waals surface area (Å²) in [6.45, 7) is 6.25. The van der Waals surface area contributed by atoms with E-state index in [1.54, 1.807) is 6.08 Å². The fourth-order valence-electron chi connectivity index (χ4n) is 1.62. The smallest absolute Gasteiger partial charge is 0.234 e. The molecule has 0 fully saturated rings. The van der Waals surface area contributed by atoms with E-state index in [0.29, 0.717) is 6.54 Å². The first-order chi connectivity index (χ1) is 11.0. The van der Waals surface area contributed by atoms with Gasteiger partial charge >= 0.3 is 0 Å². The molecular formula is C14H14Br2N4OS2. The summed E-state index contributed by atoms with van der Waals surface area (Å²) < 4.78 is 2.43. The molecule has 0 saturated carbocycles. The van der Waals surface area contributed by atoms with Crippen molar-refractivity contribution in [2.75, 3.05) is 22.9 Å². The van der Waals surface area contributed by atoms with Crippen molar-refractivity contribution in [1.29, 1.82) is 0 Å². The molecule has 0 aliphatic heterocycles. The van der Waals surface area contributed by atoms with Crippen molar-refractivity contribution in [1.82, 2.24) is 10.2 Å². The van der Waals surface area contributed by atoms with Gasteiger partial charge in [0.2, 0.25) is 11.0 Å². The highest BCUT2D eigenvalue weighted by atomic mass is 79.9. The minimum Gasteiger partial charge on any atom is -0.357 e. The number of carbonyl (C=O) groups is 1. The Morgan fingerprint density at radius 2 is 2.09 bits per heavy atom. The molecular weight excluding hydrogens is 464 g/mol. The maximum atomic E-state index is 12.1. The first-order valence-corrected chi connectivity index (χ1v) is 9.95. The van der Waals surface area contributed by atoms with Crippen molar-refractivity contribution < 1.29 is 4.79 Å². The summed E-state index contributed by atoms with van der Waals surface area (Å²) in [6.07, 6.45) is 1.75. The Morgan fingerprint density at radius 3 is 2.74 bits per heavy atom. The van der Waals surface area contributed by atoms with E-state index >= 15 is 0 Å². The number of nitrogens with one attached hydrogen (secondary N) is 2. The number of anilines is 2. The average molecular weight is 478 g/mol. The molecule has 0 radical (unpaired) electrons. The molecule has 122 valence electrons. The second kappa shape index (κ2) is 8.81. The minimum atomic E-state index is -0.101. The lowest BCUT2D eigenvalue weighted by Crippen LogP contribution is -2.14. The van der Waals surface area contributed by atoms with Gasteiger partial charge in [0.25, 0.3) is 0 Å². The molecule has 0 aliphatic carbocycles. The van der Waals surface area contributed by atoms with Gasteiger partial charge in [0.05, 0.1) is 11.4 Å². The van der Waals surface area contributed by atoms with Gasteiger partial charge in [0.15, 0.2) is 4.34 Å². The molecule has 0 spiro atoms. The highest BCUT2D eigenvalue weighted by Gasteiger charge is 2.12. The zero-order chi connectivity index (χ0) is 16.8. The number of rotatable bonds is 7. The summed E-state index contributed by atoms with van der Waals surface area (Å²) in [4.78, 5) is 12.1. The van der Waals surface area contributed by atoms with Gasteiger partial charge < -0.3 is 10.6 Å². The number of carbonyl (C=O) groups excluding carboxylic acids is 1. The van der Waals surface area contributed by atoms with E-state index in [1.807, 2.05) is 19.1 Å². The van der Waals surface area contributed by atoms with E-state index < -0.39 is 0 Å². The number of benzene rings is 1. The van der Waals surface area contributed by atoms with Gasteiger partial charge in [-0.2, -0.15) is 0 Å². The number of hydrogen-bond donors (Lipinski definition) is 2. The molecule has 2 rings (SSSR count). The van der Waals surface area contributed by atoms with Gasteiger partial charge in [-0.1, -0.05) is 29.2 Å². The van der Waals surface area contributed by atoms with Crippen molar-refractivity contribution in [3.05, 3.63) is 39.3 Å². The molecule has 1 aromatic heterocycles. The van der Waals surface area contributed by atoms with Crippen LogP contribution < -0.4 is 10.6 Å². The SMILES string of the molecule is C=CCNc1nnc(SCC(=O)Nc2c(Br)cc(C)cc2Br)s1. The molecule has 0 unspecified atom stereocenters. The van der Waals surface area contributed by atoms with Crippen LogP contribution in [0.4, 0.5) is 10.8 Å². The highest BCUT2D eigenvalue weighted by Crippen LogP contribution is 2.32. The summed E-state index contributed by atoms with van der Waals surface area (Å²) in [7, 11) is 0. The van der Waals surface area contributed by atoms with E-state index in [9.17, 15) is 4.79 Å². The monoisotopic (exact) mass is 476 g/mol. The third kappa shape index (κ3) is 5.59. The van der Waals surface area contributed by atoms with Gasteiger partial charge in [-0.3, -0.25) is 4.79 Å². The van der Waals surface area contributed by atoms with Crippen molar-refractivity contribution in [2.24, 2.45) is 0 Å². The fraction of sp³-hybridized carbons (Fsp3) is 0.214. The number of aromatic nitrogens is 2. The molecule has 0 bridgehead atoms. The Balaban J connectivity index is 1.90. The van der Waals surface area contributed by atoms with Crippen LogP contribution in [-0.4, -0.2) is 28.4 Å². The Morgan fingerprint density at radius 1 is 1.39 bits per heavy atom. The second-order valence-electron chi connectivity index (χ2n) is 4.48. The first-order valence-electron chi connectivity index (χ1n) is 6.56. The number of aryl methyl sites for hydroxylation is 1. The Bertz CT molecular complexity index is 698. The molecule has 9 heteroatoms. The molecule has 0 aliphatic rings. The molecule has 0 atom stereocenters. The molecule has 1 amide bonds. The normalized spacial score (nSPS) is 10.4. The van der Waals surface area contributed by atoms with E-state index in [0.717, 1.165) is 29.7 Å². The van der Waals surface area contributed by atoms with Gasteiger partial charge in [-0.25, -0.2) is 0 Å². The number of amides is 1. The molecule has 5 nitrogen and oxygen atoms in total. The summed E-state index contributed by atoms with van der Waals surface area (Å²) >= 11 is 9.69. The highest BCUT2D eigenvalue weighted by molar-refractivity contribution is 9.11. The summed E-state index contributed by atoms with van der Waals surface area (Å²) in [6, 6.07) is 3.91. The summed E-state index contributed by atoms with van der Waals surface area (Å²) in [5.41, 5.74) is 1.83. The van der Waals surface area contributed by atoms with Crippen molar-refractivity contribution in [3.8, 4) is 0 Å². The van der Waals surface area contributed by atoms with Crippen LogP contribution in [0.5, 0.6) is 0 Å². The Kier molecular flexibility index (Phi) is 7.07. The second-order valence-corrected chi connectivity index (χ2v) is 8.39. The Labute approximate surface area is 159 Å². The quantitative estimate of drug-likeness (QED) is 0.446. The lowest BCUT2D eigenvalue weighted by molar-refractivity contribution is -0.113. The van der Waals surface area contributed by atoms with Crippen molar-refractivity contribution in [3.63, 3.8) is 0 Å². The van der Waals surface area contributed by atoms with Gasteiger partial charge in [0.1, 0.15) is 0 Å². The van der Waals surface area contributed by atoms with Crippen LogP contribution >= 0.6 is 55.0 Å². The minimum absolute atomic E-state index is 0.101. The zero-order valence-corrected chi connectivity index (χ0v) is 17.0. The lowest BCUT2D eigenvalue weighted by atomic mass is 10.2. The predicted octanol–water partition coefficient (Wildman–Crippen LogP) is 4.70. The largest absolute Gasteiger partial charge is 0.357 e. The lowest BCUT2D eigenvalue weighted by Gasteiger charge is -2.10.